The van der Waals surface area contributed by atoms with E-state index in [4.69, 9.17) is 9.47 Å². The molecule has 4 aliphatic carbocycles. The number of hydrogen-bond donors (Lipinski definition) is 3. The molecule has 8 unspecified atom stereocenters. The fraction of sp³-hybridized carbons (Fsp3) is 0.769. The number of benzene rings is 1. The molecule has 1 aromatic carbocycles. The quantitative estimate of drug-likeness (QED) is 0.674. The molecule has 1 aromatic rings. The van der Waals surface area contributed by atoms with Gasteiger partial charge in [-0.25, -0.2) is 0 Å². The lowest BCUT2D eigenvalue weighted by atomic mass is 9.42. The van der Waals surface area contributed by atoms with Gasteiger partial charge in [0, 0.05) is 36.0 Å². The van der Waals surface area contributed by atoms with Crippen molar-refractivity contribution in [3.63, 3.8) is 0 Å². The van der Waals surface area contributed by atoms with Crippen molar-refractivity contribution in [3.8, 4) is 11.5 Å². The van der Waals surface area contributed by atoms with Gasteiger partial charge in [-0.2, -0.15) is 0 Å². The molecule has 4 bridgehead atoms. The van der Waals surface area contributed by atoms with Crippen LogP contribution < -0.4 is 10.1 Å². The number of piperidine rings is 1. The Bertz CT molecular complexity index is 936. The molecule has 3 saturated carbocycles. The molecule has 8 atom stereocenters. The van der Waals surface area contributed by atoms with E-state index in [1.54, 1.807) is 0 Å². The SMILES string of the molecule is COC1C2CCC3(CC1C(C)(O)C(C)(C)C)C1Cc4ccc(O)c5c4C3(CCN1)C2O5. The van der Waals surface area contributed by atoms with Crippen molar-refractivity contribution >= 4 is 0 Å². The third kappa shape index (κ3) is 2.14. The standard InChI is InChI=1S/C26H37NO4/c1-23(2,3)24(4,29)16-13-25-9-8-15(20(16)30-5)22-26(25)10-11-27-18(25)12-14-6-7-17(28)21(31-22)19(14)26/h6-7,15-16,18,20,22,27-29H,8-13H2,1-5H3. The van der Waals surface area contributed by atoms with Gasteiger partial charge in [0.05, 0.1) is 11.7 Å². The van der Waals surface area contributed by atoms with Crippen LogP contribution in [0.3, 0.4) is 0 Å². The normalized spacial score (nSPS) is 44.3. The van der Waals surface area contributed by atoms with Crippen LogP contribution in [0.2, 0.25) is 0 Å². The molecule has 170 valence electrons. The van der Waals surface area contributed by atoms with Gasteiger partial charge in [0.25, 0.3) is 0 Å². The molecule has 6 aliphatic rings. The number of methoxy groups -OCH3 is 1. The van der Waals surface area contributed by atoms with E-state index in [0.717, 1.165) is 44.4 Å². The van der Waals surface area contributed by atoms with E-state index in [1.807, 2.05) is 20.1 Å². The highest BCUT2D eigenvalue weighted by atomic mass is 16.5. The summed E-state index contributed by atoms with van der Waals surface area (Å²) in [5.74, 6) is 1.24. The highest BCUT2D eigenvalue weighted by Gasteiger charge is 2.75. The molecule has 7 rings (SSSR count). The van der Waals surface area contributed by atoms with Crippen molar-refractivity contribution in [2.75, 3.05) is 13.7 Å². The molecule has 0 radical (unpaired) electrons. The van der Waals surface area contributed by atoms with Crippen molar-refractivity contribution < 1.29 is 19.7 Å². The van der Waals surface area contributed by atoms with E-state index in [1.165, 1.54) is 11.1 Å². The zero-order valence-corrected chi connectivity index (χ0v) is 19.5. The number of phenols is 1. The zero-order chi connectivity index (χ0) is 22.0. The summed E-state index contributed by atoms with van der Waals surface area (Å²) in [7, 11) is 1.81. The van der Waals surface area contributed by atoms with Crippen molar-refractivity contribution in [2.45, 2.75) is 89.1 Å². The summed E-state index contributed by atoms with van der Waals surface area (Å²) >= 11 is 0. The number of rotatable bonds is 2. The maximum atomic E-state index is 12.0. The molecule has 5 nitrogen and oxygen atoms in total. The molecule has 5 heteroatoms. The lowest BCUT2D eigenvalue weighted by Gasteiger charge is -2.64. The maximum Gasteiger partial charge on any atom is 0.165 e. The highest BCUT2D eigenvalue weighted by molar-refractivity contribution is 5.62. The minimum absolute atomic E-state index is 0.00100. The van der Waals surface area contributed by atoms with E-state index in [9.17, 15) is 10.2 Å². The second kappa shape index (κ2) is 5.98. The lowest BCUT2D eigenvalue weighted by Crippen LogP contribution is -2.71. The fourth-order valence-corrected chi connectivity index (χ4v) is 8.66. The molecular formula is C26H37NO4. The molecular weight excluding hydrogens is 390 g/mol. The summed E-state index contributed by atoms with van der Waals surface area (Å²) in [6.07, 6.45) is 5.02. The van der Waals surface area contributed by atoms with Crippen LogP contribution in [-0.4, -0.2) is 47.7 Å². The van der Waals surface area contributed by atoms with Crippen LogP contribution >= 0.6 is 0 Å². The fourth-order valence-electron chi connectivity index (χ4n) is 8.66. The number of phenolic OH excluding ortho intramolecular Hbond substituents is 1. The monoisotopic (exact) mass is 427 g/mol. The summed E-state index contributed by atoms with van der Waals surface area (Å²) in [4.78, 5) is 0. The number of nitrogens with one attached hydrogen (secondary N) is 1. The van der Waals surface area contributed by atoms with Crippen LogP contribution in [0.4, 0.5) is 0 Å². The van der Waals surface area contributed by atoms with Crippen molar-refractivity contribution in [2.24, 2.45) is 22.7 Å². The largest absolute Gasteiger partial charge is 0.504 e. The zero-order valence-electron chi connectivity index (χ0n) is 19.5. The minimum atomic E-state index is -0.866. The van der Waals surface area contributed by atoms with E-state index < -0.39 is 5.60 Å². The number of ether oxygens (including phenoxy) is 2. The summed E-state index contributed by atoms with van der Waals surface area (Å²) in [5.41, 5.74) is 1.39. The molecule has 31 heavy (non-hydrogen) atoms. The van der Waals surface area contributed by atoms with Crippen molar-refractivity contribution in [1.82, 2.24) is 5.32 Å². The first-order chi connectivity index (χ1) is 14.6. The molecule has 2 heterocycles. The molecule has 1 saturated heterocycles. The van der Waals surface area contributed by atoms with Crippen LogP contribution in [0.25, 0.3) is 0 Å². The van der Waals surface area contributed by atoms with Gasteiger partial charge >= 0.3 is 0 Å². The number of aliphatic hydroxyl groups is 1. The van der Waals surface area contributed by atoms with Gasteiger partial charge in [0.15, 0.2) is 11.5 Å². The lowest BCUT2D eigenvalue weighted by molar-refractivity contribution is -0.149. The van der Waals surface area contributed by atoms with E-state index in [2.05, 4.69) is 32.2 Å². The first-order valence-corrected chi connectivity index (χ1v) is 12.1. The Morgan fingerprint density at radius 2 is 1.97 bits per heavy atom. The highest BCUT2D eigenvalue weighted by Crippen LogP contribution is 2.73. The van der Waals surface area contributed by atoms with E-state index in [0.29, 0.717) is 6.04 Å². The van der Waals surface area contributed by atoms with Gasteiger partial charge < -0.3 is 25.0 Å². The maximum absolute atomic E-state index is 12.0. The van der Waals surface area contributed by atoms with Crippen LogP contribution in [0, 0.1) is 22.7 Å². The average Bonchev–Trinajstić information content (AvgIpc) is 2.89. The molecule has 4 fully saturated rings. The predicted octanol–water partition coefficient (Wildman–Crippen LogP) is 3.54. The first kappa shape index (κ1) is 20.3. The van der Waals surface area contributed by atoms with Crippen LogP contribution in [0.15, 0.2) is 12.1 Å². The summed E-state index contributed by atoms with van der Waals surface area (Å²) in [6, 6.07) is 4.29. The Labute approximate surface area is 185 Å². The van der Waals surface area contributed by atoms with Gasteiger partial charge in [-0.3, -0.25) is 0 Å². The predicted molar refractivity (Wildman–Crippen MR) is 118 cm³/mol. The van der Waals surface area contributed by atoms with Crippen molar-refractivity contribution in [1.29, 1.82) is 0 Å². The molecule has 3 N–H and O–H groups in total. The van der Waals surface area contributed by atoms with Gasteiger partial charge in [-0.15, -0.1) is 0 Å². The number of fused-ring (bicyclic) bond motifs is 3. The minimum Gasteiger partial charge on any atom is -0.504 e. The number of hydrogen-bond acceptors (Lipinski definition) is 5. The second-order valence-corrected chi connectivity index (χ2v) is 12.2. The van der Waals surface area contributed by atoms with Gasteiger partial charge in [0.2, 0.25) is 0 Å². The second-order valence-electron chi connectivity index (χ2n) is 12.2. The first-order valence-electron chi connectivity index (χ1n) is 12.1. The van der Waals surface area contributed by atoms with Crippen LogP contribution in [0.5, 0.6) is 11.5 Å². The number of aromatic hydroxyl groups is 1. The Balaban J connectivity index is 1.62. The Hall–Kier alpha value is -1.30. The molecule has 2 spiro atoms. The third-order valence-electron chi connectivity index (χ3n) is 10.5. The topological polar surface area (TPSA) is 71.0 Å². The Morgan fingerprint density at radius 1 is 1.19 bits per heavy atom. The van der Waals surface area contributed by atoms with E-state index in [-0.39, 0.29) is 46.0 Å². The Morgan fingerprint density at radius 3 is 2.68 bits per heavy atom. The summed E-state index contributed by atoms with van der Waals surface area (Å²) < 4.78 is 13.0. The van der Waals surface area contributed by atoms with Gasteiger partial charge in [0.1, 0.15) is 6.10 Å². The van der Waals surface area contributed by atoms with Gasteiger partial charge in [-0.1, -0.05) is 26.8 Å². The Kier molecular flexibility index (Phi) is 3.92. The molecule has 0 amide bonds. The summed E-state index contributed by atoms with van der Waals surface area (Å²) in [6.45, 7) is 9.43. The van der Waals surface area contributed by atoms with Crippen molar-refractivity contribution in [3.05, 3.63) is 23.3 Å². The van der Waals surface area contributed by atoms with Gasteiger partial charge in [-0.05, 0) is 68.0 Å². The van der Waals surface area contributed by atoms with E-state index >= 15 is 0 Å². The van der Waals surface area contributed by atoms with Crippen LogP contribution in [0.1, 0.15) is 64.5 Å². The molecule has 0 aromatic heterocycles. The summed E-state index contributed by atoms with van der Waals surface area (Å²) in [5, 5.41) is 26.6. The average molecular weight is 428 g/mol. The molecule has 2 aliphatic heterocycles. The third-order valence-corrected chi connectivity index (χ3v) is 10.5. The van der Waals surface area contributed by atoms with Crippen LogP contribution in [-0.2, 0) is 16.6 Å². The smallest absolute Gasteiger partial charge is 0.165 e.